The molecule has 2 N–H and O–H groups in total. The summed E-state index contributed by atoms with van der Waals surface area (Å²) in [5, 5.41) is 3.01. The van der Waals surface area contributed by atoms with E-state index in [1.54, 1.807) is 0 Å². The van der Waals surface area contributed by atoms with Gasteiger partial charge in [0.2, 0.25) is 5.91 Å². The van der Waals surface area contributed by atoms with Crippen molar-refractivity contribution in [2.75, 3.05) is 39.4 Å². The Hall–Kier alpha value is -1.92. The fraction of sp³-hybridized carbons (Fsp3) is 0.500. The highest BCUT2D eigenvalue weighted by molar-refractivity contribution is 5.81. The van der Waals surface area contributed by atoms with Crippen molar-refractivity contribution in [3.63, 3.8) is 0 Å². The second kappa shape index (κ2) is 6.89. The van der Waals surface area contributed by atoms with Crippen LogP contribution < -0.4 is 10.2 Å². The molecule has 1 saturated heterocycles. The van der Waals surface area contributed by atoms with Crippen LogP contribution in [0.4, 0.5) is 0 Å². The molecule has 0 bridgehead atoms. The zero-order chi connectivity index (χ0) is 15.4. The largest absolute Gasteiger partial charge is 0.370 e. The first kappa shape index (κ1) is 15.0. The molecule has 0 spiro atoms. The quantitative estimate of drug-likeness (QED) is 0.774. The number of hydrogen-bond acceptors (Lipinski definition) is 3. The van der Waals surface area contributed by atoms with E-state index >= 15 is 0 Å². The van der Waals surface area contributed by atoms with Crippen molar-refractivity contribution in [2.45, 2.75) is 13.5 Å². The summed E-state index contributed by atoms with van der Waals surface area (Å²) in [5.41, 5.74) is 1.94. The maximum absolute atomic E-state index is 12.2. The van der Waals surface area contributed by atoms with E-state index in [1.165, 1.54) is 4.90 Å². The molecule has 1 amide bonds. The van der Waals surface area contributed by atoms with E-state index in [0.29, 0.717) is 13.1 Å². The SMILES string of the molecule is Cc1nc2ccccc2n1CC(=O)NCC[NH+]1CCOCC1. The van der Waals surface area contributed by atoms with Crippen molar-refractivity contribution >= 4 is 16.9 Å². The summed E-state index contributed by atoms with van der Waals surface area (Å²) in [6, 6.07) is 7.91. The van der Waals surface area contributed by atoms with Crippen LogP contribution in [0.5, 0.6) is 0 Å². The molecule has 0 atom stereocenters. The van der Waals surface area contributed by atoms with E-state index in [0.717, 1.165) is 49.7 Å². The number of morpholine rings is 1. The molecule has 22 heavy (non-hydrogen) atoms. The highest BCUT2D eigenvalue weighted by Crippen LogP contribution is 2.14. The number of quaternary nitrogens is 1. The number of nitrogens with zero attached hydrogens (tertiary/aromatic N) is 2. The van der Waals surface area contributed by atoms with Gasteiger partial charge in [0.15, 0.2) is 0 Å². The van der Waals surface area contributed by atoms with Crippen LogP contribution in [0.1, 0.15) is 5.82 Å². The lowest BCUT2D eigenvalue weighted by atomic mass is 10.3. The second-order valence-electron chi connectivity index (χ2n) is 5.70. The number of nitrogens with one attached hydrogen (secondary N) is 2. The van der Waals surface area contributed by atoms with Crippen LogP contribution in [0.15, 0.2) is 24.3 Å². The molecule has 2 heterocycles. The summed E-state index contributed by atoms with van der Waals surface area (Å²) in [7, 11) is 0. The summed E-state index contributed by atoms with van der Waals surface area (Å²) in [4.78, 5) is 18.1. The van der Waals surface area contributed by atoms with Crippen LogP contribution in [0.3, 0.4) is 0 Å². The first-order chi connectivity index (χ1) is 10.7. The minimum absolute atomic E-state index is 0.0407. The normalized spacial score (nSPS) is 16.0. The second-order valence-corrected chi connectivity index (χ2v) is 5.70. The fourth-order valence-electron chi connectivity index (χ4n) is 2.88. The molecule has 6 nitrogen and oxygen atoms in total. The summed E-state index contributed by atoms with van der Waals surface area (Å²) in [6.07, 6.45) is 0. The van der Waals surface area contributed by atoms with E-state index in [1.807, 2.05) is 35.8 Å². The predicted molar refractivity (Wildman–Crippen MR) is 83.9 cm³/mol. The van der Waals surface area contributed by atoms with Crippen molar-refractivity contribution < 1.29 is 14.4 Å². The van der Waals surface area contributed by atoms with Crippen molar-refractivity contribution in [2.24, 2.45) is 0 Å². The van der Waals surface area contributed by atoms with Gasteiger partial charge in [0.1, 0.15) is 25.5 Å². The monoisotopic (exact) mass is 303 g/mol. The number of aromatic nitrogens is 2. The van der Waals surface area contributed by atoms with Gasteiger partial charge in [-0.2, -0.15) is 0 Å². The molecule has 1 aliphatic rings. The molecule has 1 aromatic carbocycles. The lowest BCUT2D eigenvalue weighted by molar-refractivity contribution is -0.906. The van der Waals surface area contributed by atoms with Gasteiger partial charge in [-0.3, -0.25) is 4.79 Å². The molecule has 0 aliphatic carbocycles. The van der Waals surface area contributed by atoms with Crippen LogP contribution in [0.25, 0.3) is 11.0 Å². The van der Waals surface area contributed by atoms with E-state index in [9.17, 15) is 4.79 Å². The lowest BCUT2D eigenvalue weighted by Gasteiger charge is -2.23. The Bertz CT molecular complexity index is 647. The molecule has 0 radical (unpaired) electrons. The van der Waals surface area contributed by atoms with E-state index in [2.05, 4.69) is 10.3 Å². The van der Waals surface area contributed by atoms with Gasteiger partial charge in [-0.25, -0.2) is 4.98 Å². The standard InChI is InChI=1S/C16H22N4O2/c1-13-18-14-4-2-3-5-15(14)20(13)12-16(21)17-6-7-19-8-10-22-11-9-19/h2-5H,6-12H2,1H3,(H,17,21)/p+1. The average molecular weight is 303 g/mol. The molecular formula is C16H23N4O2+. The Morgan fingerprint density at radius 2 is 2.14 bits per heavy atom. The maximum Gasteiger partial charge on any atom is 0.240 e. The molecule has 1 aliphatic heterocycles. The molecule has 3 rings (SSSR count). The van der Waals surface area contributed by atoms with Crippen LogP contribution in [0, 0.1) is 6.92 Å². The molecule has 0 unspecified atom stereocenters. The number of amides is 1. The van der Waals surface area contributed by atoms with Gasteiger partial charge in [0, 0.05) is 0 Å². The van der Waals surface area contributed by atoms with E-state index < -0.39 is 0 Å². The van der Waals surface area contributed by atoms with Crippen molar-refractivity contribution in [3.8, 4) is 0 Å². The van der Waals surface area contributed by atoms with Crippen LogP contribution >= 0.6 is 0 Å². The zero-order valence-corrected chi connectivity index (χ0v) is 13.0. The Balaban J connectivity index is 1.53. The maximum atomic E-state index is 12.2. The summed E-state index contributed by atoms with van der Waals surface area (Å²) < 4.78 is 7.30. The minimum Gasteiger partial charge on any atom is -0.370 e. The van der Waals surface area contributed by atoms with Crippen molar-refractivity contribution in [1.29, 1.82) is 0 Å². The highest BCUT2D eigenvalue weighted by atomic mass is 16.5. The molecule has 2 aromatic rings. The number of carbonyl (C=O) groups is 1. The molecule has 6 heteroatoms. The summed E-state index contributed by atoms with van der Waals surface area (Å²) in [5.74, 6) is 0.911. The van der Waals surface area contributed by atoms with Gasteiger partial charge in [-0.15, -0.1) is 0 Å². The lowest BCUT2D eigenvalue weighted by Crippen LogP contribution is -3.14. The third-order valence-electron chi connectivity index (χ3n) is 4.15. The number of hydrogen-bond donors (Lipinski definition) is 2. The topological polar surface area (TPSA) is 60.6 Å². The van der Waals surface area contributed by atoms with Gasteiger partial charge < -0.3 is 19.5 Å². The van der Waals surface area contributed by atoms with Crippen LogP contribution in [-0.2, 0) is 16.1 Å². The van der Waals surface area contributed by atoms with Crippen molar-refractivity contribution in [1.82, 2.24) is 14.9 Å². The predicted octanol–water partition coefficient (Wildman–Crippen LogP) is -0.624. The molecule has 118 valence electrons. The van der Waals surface area contributed by atoms with E-state index in [4.69, 9.17) is 4.74 Å². The average Bonchev–Trinajstić information content (AvgIpc) is 2.84. The molecule has 1 fully saturated rings. The van der Waals surface area contributed by atoms with Gasteiger partial charge >= 0.3 is 0 Å². The van der Waals surface area contributed by atoms with Gasteiger partial charge in [0.05, 0.1) is 37.3 Å². The number of ether oxygens (including phenoxy) is 1. The Morgan fingerprint density at radius 3 is 2.95 bits per heavy atom. The highest BCUT2D eigenvalue weighted by Gasteiger charge is 2.14. The molecule has 1 aromatic heterocycles. The third-order valence-corrected chi connectivity index (χ3v) is 4.15. The van der Waals surface area contributed by atoms with Gasteiger partial charge in [0.25, 0.3) is 0 Å². The smallest absolute Gasteiger partial charge is 0.240 e. The first-order valence-corrected chi connectivity index (χ1v) is 7.84. The summed E-state index contributed by atoms with van der Waals surface area (Å²) in [6.45, 7) is 7.63. The Kier molecular flexibility index (Phi) is 4.70. The molecular weight excluding hydrogens is 280 g/mol. The number of benzene rings is 1. The zero-order valence-electron chi connectivity index (χ0n) is 13.0. The number of carbonyl (C=O) groups excluding carboxylic acids is 1. The summed E-state index contributed by atoms with van der Waals surface area (Å²) >= 11 is 0. The number of imidazole rings is 1. The Morgan fingerprint density at radius 1 is 1.36 bits per heavy atom. The third kappa shape index (κ3) is 3.45. The van der Waals surface area contributed by atoms with Gasteiger partial charge in [-0.1, -0.05) is 12.1 Å². The Labute approximate surface area is 130 Å². The van der Waals surface area contributed by atoms with Gasteiger partial charge in [-0.05, 0) is 19.1 Å². The first-order valence-electron chi connectivity index (χ1n) is 7.84. The van der Waals surface area contributed by atoms with Crippen LogP contribution in [0.2, 0.25) is 0 Å². The molecule has 0 saturated carbocycles. The number of rotatable bonds is 5. The van der Waals surface area contributed by atoms with Crippen molar-refractivity contribution in [3.05, 3.63) is 30.1 Å². The fourth-order valence-corrected chi connectivity index (χ4v) is 2.88. The number of fused-ring (bicyclic) bond motifs is 1. The number of para-hydroxylation sites is 2. The van der Waals surface area contributed by atoms with Crippen LogP contribution in [-0.4, -0.2) is 54.9 Å². The van der Waals surface area contributed by atoms with E-state index in [-0.39, 0.29) is 5.91 Å². The minimum atomic E-state index is 0.0407. The number of aryl methyl sites for hydroxylation is 1.